The Morgan fingerprint density at radius 1 is 1.03 bits per heavy atom. The molecule has 7 heteroatoms. The summed E-state index contributed by atoms with van der Waals surface area (Å²) in [5.41, 5.74) is 1.74. The summed E-state index contributed by atoms with van der Waals surface area (Å²) in [4.78, 5) is 12.3. The van der Waals surface area contributed by atoms with E-state index in [4.69, 9.17) is 0 Å². The van der Waals surface area contributed by atoms with Crippen molar-refractivity contribution >= 4 is 5.78 Å². The van der Waals surface area contributed by atoms with Crippen LogP contribution in [0.3, 0.4) is 0 Å². The molecule has 0 saturated heterocycles. The number of halogens is 3. The molecular weight excluding hydrogens is 379 g/mol. The lowest BCUT2D eigenvalue weighted by Crippen LogP contribution is -2.13. The molecular formula is C22H22F3N3O. The van der Waals surface area contributed by atoms with E-state index in [1.807, 2.05) is 18.3 Å². The van der Waals surface area contributed by atoms with Gasteiger partial charge in [0.25, 0.3) is 0 Å². The predicted molar refractivity (Wildman–Crippen MR) is 104 cm³/mol. The number of rotatable bonds is 8. The molecule has 1 heterocycles. The van der Waals surface area contributed by atoms with E-state index < -0.39 is 11.7 Å². The molecule has 3 rings (SSSR count). The highest BCUT2D eigenvalue weighted by Crippen LogP contribution is 2.32. The third-order valence-corrected chi connectivity index (χ3v) is 4.64. The molecule has 3 aromatic rings. The van der Waals surface area contributed by atoms with Crippen molar-refractivity contribution in [2.45, 2.75) is 45.2 Å². The van der Waals surface area contributed by atoms with Crippen LogP contribution < -0.4 is 0 Å². The molecule has 0 radical (unpaired) electrons. The van der Waals surface area contributed by atoms with E-state index in [0.29, 0.717) is 0 Å². The summed E-state index contributed by atoms with van der Waals surface area (Å²) in [6.45, 7) is 2.12. The number of benzene rings is 2. The first-order valence-corrected chi connectivity index (χ1v) is 9.54. The standard InChI is InChI=1S/C22H22F3N3O/c1-2-3-7-18-15-28(27-26-18)19-11-9-16(10-12-19)13-20(29)14-17-6-4-5-8-21(17)22(23,24)25/h4-6,8-12,15H,2-3,7,13-14H2,1H3. The molecule has 0 bridgehead atoms. The van der Waals surface area contributed by atoms with Gasteiger partial charge in [0.1, 0.15) is 5.78 Å². The van der Waals surface area contributed by atoms with Gasteiger partial charge in [-0.25, -0.2) is 4.68 Å². The molecule has 29 heavy (non-hydrogen) atoms. The molecule has 0 aliphatic carbocycles. The van der Waals surface area contributed by atoms with E-state index in [-0.39, 0.29) is 24.2 Å². The van der Waals surface area contributed by atoms with Gasteiger partial charge >= 0.3 is 6.18 Å². The summed E-state index contributed by atoms with van der Waals surface area (Å²) >= 11 is 0. The number of ketones is 1. The van der Waals surface area contributed by atoms with E-state index in [2.05, 4.69) is 17.2 Å². The van der Waals surface area contributed by atoms with Crippen LogP contribution in [0.2, 0.25) is 0 Å². The quantitative estimate of drug-likeness (QED) is 0.535. The fourth-order valence-corrected chi connectivity index (χ4v) is 3.12. The minimum atomic E-state index is -4.47. The highest BCUT2D eigenvalue weighted by molar-refractivity contribution is 5.83. The first-order chi connectivity index (χ1) is 13.9. The van der Waals surface area contributed by atoms with Gasteiger partial charge in [-0.2, -0.15) is 13.2 Å². The van der Waals surface area contributed by atoms with Gasteiger partial charge in [-0.05, 0) is 42.2 Å². The molecule has 0 aliphatic heterocycles. The van der Waals surface area contributed by atoms with Crippen molar-refractivity contribution in [2.24, 2.45) is 0 Å². The first kappa shape index (κ1) is 20.8. The number of carbonyl (C=O) groups excluding carboxylic acids is 1. The van der Waals surface area contributed by atoms with Crippen LogP contribution in [0.15, 0.2) is 54.7 Å². The summed E-state index contributed by atoms with van der Waals surface area (Å²) in [7, 11) is 0. The Morgan fingerprint density at radius 2 is 1.76 bits per heavy atom. The molecule has 0 atom stereocenters. The largest absolute Gasteiger partial charge is 0.416 e. The molecule has 0 saturated carbocycles. The van der Waals surface area contributed by atoms with Crippen LogP contribution in [0.4, 0.5) is 13.2 Å². The number of hydrogen-bond acceptors (Lipinski definition) is 3. The van der Waals surface area contributed by atoms with Crippen molar-refractivity contribution in [3.63, 3.8) is 0 Å². The number of hydrogen-bond donors (Lipinski definition) is 0. The van der Waals surface area contributed by atoms with Crippen LogP contribution in [0.5, 0.6) is 0 Å². The molecule has 1 aromatic heterocycles. The van der Waals surface area contributed by atoms with E-state index in [1.165, 1.54) is 18.2 Å². The lowest BCUT2D eigenvalue weighted by molar-refractivity contribution is -0.138. The van der Waals surface area contributed by atoms with Crippen LogP contribution in [0.25, 0.3) is 5.69 Å². The zero-order valence-electron chi connectivity index (χ0n) is 16.1. The van der Waals surface area contributed by atoms with E-state index in [0.717, 1.165) is 42.3 Å². The van der Waals surface area contributed by atoms with Crippen molar-refractivity contribution < 1.29 is 18.0 Å². The Hall–Kier alpha value is -2.96. The van der Waals surface area contributed by atoms with Crippen molar-refractivity contribution in [3.05, 3.63) is 77.1 Å². The van der Waals surface area contributed by atoms with Crippen molar-refractivity contribution in [1.29, 1.82) is 0 Å². The number of aromatic nitrogens is 3. The van der Waals surface area contributed by atoms with Gasteiger partial charge in [-0.15, -0.1) is 5.10 Å². The Bertz CT molecular complexity index is 962. The predicted octanol–water partition coefficient (Wildman–Crippen LogP) is 4.98. The molecule has 0 N–H and O–H groups in total. The lowest BCUT2D eigenvalue weighted by Gasteiger charge is -2.12. The monoisotopic (exact) mass is 401 g/mol. The molecule has 0 aliphatic rings. The maximum atomic E-state index is 13.1. The van der Waals surface area contributed by atoms with E-state index in [9.17, 15) is 18.0 Å². The zero-order chi connectivity index (χ0) is 20.9. The highest BCUT2D eigenvalue weighted by atomic mass is 19.4. The summed E-state index contributed by atoms with van der Waals surface area (Å²) in [6.07, 6.45) is 0.256. The maximum Gasteiger partial charge on any atom is 0.416 e. The fourth-order valence-electron chi connectivity index (χ4n) is 3.12. The topological polar surface area (TPSA) is 47.8 Å². The Labute approximate surface area is 167 Å². The van der Waals surface area contributed by atoms with Gasteiger partial charge < -0.3 is 0 Å². The zero-order valence-corrected chi connectivity index (χ0v) is 16.1. The average molecular weight is 401 g/mol. The van der Waals surface area contributed by atoms with Crippen LogP contribution in [-0.4, -0.2) is 20.8 Å². The SMILES string of the molecule is CCCCc1cn(-c2ccc(CC(=O)Cc3ccccc3C(F)(F)F)cc2)nn1. The summed E-state index contributed by atoms with van der Waals surface area (Å²) in [6, 6.07) is 12.4. The summed E-state index contributed by atoms with van der Waals surface area (Å²) < 4.78 is 40.9. The number of nitrogens with zero attached hydrogens (tertiary/aromatic N) is 3. The average Bonchev–Trinajstić information content (AvgIpc) is 3.15. The van der Waals surface area contributed by atoms with E-state index >= 15 is 0 Å². The number of carbonyl (C=O) groups is 1. The molecule has 0 amide bonds. The minimum Gasteiger partial charge on any atom is -0.299 e. The normalized spacial score (nSPS) is 11.6. The third kappa shape index (κ3) is 5.53. The van der Waals surface area contributed by atoms with Gasteiger partial charge in [0, 0.05) is 12.8 Å². The van der Waals surface area contributed by atoms with Crippen molar-refractivity contribution in [3.8, 4) is 5.69 Å². The molecule has 4 nitrogen and oxygen atoms in total. The lowest BCUT2D eigenvalue weighted by atomic mass is 9.98. The van der Waals surface area contributed by atoms with Gasteiger partial charge in [0.05, 0.1) is 23.1 Å². The van der Waals surface area contributed by atoms with Crippen LogP contribution >= 0.6 is 0 Å². The van der Waals surface area contributed by atoms with Crippen LogP contribution in [0.1, 0.15) is 42.1 Å². The molecule has 152 valence electrons. The number of alkyl halides is 3. The van der Waals surface area contributed by atoms with E-state index in [1.54, 1.807) is 16.8 Å². The third-order valence-electron chi connectivity index (χ3n) is 4.64. The number of aryl methyl sites for hydroxylation is 1. The minimum absolute atomic E-state index is 0.00356. The summed E-state index contributed by atoms with van der Waals surface area (Å²) in [5.74, 6) is -0.267. The Balaban J connectivity index is 1.64. The fraction of sp³-hybridized carbons (Fsp3) is 0.318. The molecule has 0 unspecified atom stereocenters. The second-order valence-electron chi connectivity index (χ2n) is 6.97. The highest BCUT2D eigenvalue weighted by Gasteiger charge is 2.33. The van der Waals surface area contributed by atoms with Crippen molar-refractivity contribution in [1.82, 2.24) is 15.0 Å². The van der Waals surface area contributed by atoms with Crippen LogP contribution in [-0.2, 0) is 30.2 Å². The molecule has 2 aromatic carbocycles. The second kappa shape index (κ2) is 9.03. The number of unbranched alkanes of at least 4 members (excludes halogenated alkanes) is 1. The van der Waals surface area contributed by atoms with Crippen molar-refractivity contribution in [2.75, 3.05) is 0 Å². The summed E-state index contributed by atoms with van der Waals surface area (Å²) in [5, 5.41) is 8.25. The molecule has 0 spiro atoms. The van der Waals surface area contributed by atoms with Crippen LogP contribution in [0, 0.1) is 0 Å². The maximum absolute atomic E-state index is 13.1. The Kier molecular flexibility index (Phi) is 6.46. The van der Waals surface area contributed by atoms with Gasteiger partial charge in [0.15, 0.2) is 0 Å². The first-order valence-electron chi connectivity index (χ1n) is 9.54. The van der Waals surface area contributed by atoms with Gasteiger partial charge in [-0.1, -0.05) is 48.9 Å². The Morgan fingerprint density at radius 3 is 2.45 bits per heavy atom. The molecule has 0 fully saturated rings. The smallest absolute Gasteiger partial charge is 0.299 e. The van der Waals surface area contributed by atoms with Gasteiger partial charge in [0.2, 0.25) is 0 Å². The second-order valence-corrected chi connectivity index (χ2v) is 6.97. The van der Waals surface area contributed by atoms with Gasteiger partial charge in [-0.3, -0.25) is 4.79 Å². The number of Topliss-reactive ketones (excluding diaryl/α,β-unsaturated/α-hetero) is 1.